The Morgan fingerprint density at radius 2 is 1.89 bits per heavy atom. The number of hydrogen-bond donors (Lipinski definition) is 1. The van der Waals surface area contributed by atoms with Crippen LogP contribution in [0.25, 0.3) is 0 Å². The van der Waals surface area contributed by atoms with Crippen molar-refractivity contribution in [3.63, 3.8) is 0 Å². The van der Waals surface area contributed by atoms with E-state index >= 15 is 0 Å². The Bertz CT molecular complexity index is 965. The van der Waals surface area contributed by atoms with E-state index in [9.17, 15) is 14.3 Å². The molecule has 4 rings (SSSR count). The summed E-state index contributed by atoms with van der Waals surface area (Å²) in [5.74, 6) is -1.56. The van der Waals surface area contributed by atoms with Gasteiger partial charge in [-0.2, -0.15) is 0 Å². The number of halogens is 3. The zero-order valence-electron chi connectivity index (χ0n) is 14.4. The van der Waals surface area contributed by atoms with Gasteiger partial charge in [-0.3, -0.25) is 0 Å². The van der Waals surface area contributed by atoms with Gasteiger partial charge in [-0.25, -0.2) is 9.18 Å². The molecule has 2 aromatic rings. The molecule has 1 aromatic heterocycles. The smallest absolute Gasteiger partial charge is 0.346 e. The van der Waals surface area contributed by atoms with Crippen molar-refractivity contribution in [2.75, 3.05) is 0 Å². The number of rotatable bonds is 3. The summed E-state index contributed by atoms with van der Waals surface area (Å²) in [5, 5.41) is 13.6. The van der Waals surface area contributed by atoms with Crippen LogP contribution in [0.5, 0.6) is 0 Å². The lowest BCUT2D eigenvalue weighted by atomic mass is 9.87. The Morgan fingerprint density at radius 1 is 1.26 bits per heavy atom. The number of thiophene rings is 1. The zero-order valence-corrected chi connectivity index (χ0v) is 16.8. The normalized spacial score (nSPS) is 21.6. The summed E-state index contributed by atoms with van der Waals surface area (Å²) < 4.78 is 13.7. The van der Waals surface area contributed by atoms with Gasteiger partial charge in [-0.1, -0.05) is 28.4 Å². The molecule has 1 aliphatic heterocycles. The minimum Gasteiger partial charge on any atom is -0.477 e. The van der Waals surface area contributed by atoms with Gasteiger partial charge >= 0.3 is 5.97 Å². The van der Waals surface area contributed by atoms with Crippen LogP contribution >= 0.6 is 34.5 Å². The molecule has 0 saturated heterocycles. The van der Waals surface area contributed by atoms with E-state index < -0.39 is 17.4 Å². The Morgan fingerprint density at radius 3 is 2.52 bits per heavy atom. The van der Waals surface area contributed by atoms with E-state index in [4.69, 9.17) is 28.0 Å². The van der Waals surface area contributed by atoms with E-state index in [0.29, 0.717) is 22.6 Å². The summed E-state index contributed by atoms with van der Waals surface area (Å²) in [6, 6.07) is 2.99. The Kier molecular flexibility index (Phi) is 4.69. The maximum Gasteiger partial charge on any atom is 0.346 e. The minimum atomic E-state index is -0.899. The topological polar surface area (TPSA) is 58.9 Å². The lowest BCUT2D eigenvalue weighted by Crippen LogP contribution is -2.22. The van der Waals surface area contributed by atoms with Crippen LogP contribution in [0.3, 0.4) is 0 Å². The Labute approximate surface area is 169 Å². The molecule has 2 aliphatic rings. The van der Waals surface area contributed by atoms with E-state index in [-0.39, 0.29) is 10.0 Å². The summed E-state index contributed by atoms with van der Waals surface area (Å²) in [5.41, 5.74) is 2.50. The first-order valence-electron chi connectivity index (χ1n) is 8.58. The number of carbonyl (C=O) groups is 1. The van der Waals surface area contributed by atoms with Gasteiger partial charge in [-0.05, 0) is 55.9 Å². The fraction of sp³-hybridized carbons (Fsp3) is 0.368. The Balaban J connectivity index is 1.70. The molecule has 1 aromatic carbocycles. The second kappa shape index (κ2) is 6.76. The lowest BCUT2D eigenvalue weighted by molar-refractivity contribution is -0.00742. The molecule has 2 heterocycles. The summed E-state index contributed by atoms with van der Waals surface area (Å²) >= 11 is 13.1. The van der Waals surface area contributed by atoms with E-state index in [1.54, 1.807) is 0 Å². The summed E-state index contributed by atoms with van der Waals surface area (Å²) in [7, 11) is 0. The van der Waals surface area contributed by atoms with Crippen molar-refractivity contribution in [1.82, 2.24) is 0 Å². The summed E-state index contributed by atoms with van der Waals surface area (Å²) in [6.45, 7) is 1.83. The van der Waals surface area contributed by atoms with E-state index in [1.807, 2.05) is 6.92 Å². The number of carboxylic acids is 1. The third-order valence-corrected chi connectivity index (χ3v) is 6.99. The van der Waals surface area contributed by atoms with Crippen LogP contribution in [0.15, 0.2) is 17.3 Å². The molecular weight excluding hydrogens is 412 g/mol. The van der Waals surface area contributed by atoms with Crippen LogP contribution in [0.2, 0.25) is 10.0 Å². The second-order valence-corrected chi connectivity index (χ2v) is 8.86. The maximum atomic E-state index is 13.7. The molecule has 0 saturated carbocycles. The quantitative estimate of drug-likeness (QED) is 0.628. The van der Waals surface area contributed by atoms with Crippen LogP contribution in [-0.2, 0) is 23.3 Å². The van der Waals surface area contributed by atoms with Crippen LogP contribution in [0.4, 0.5) is 4.39 Å². The molecule has 4 nitrogen and oxygen atoms in total. The van der Waals surface area contributed by atoms with Gasteiger partial charge in [0.15, 0.2) is 11.4 Å². The molecule has 27 heavy (non-hydrogen) atoms. The van der Waals surface area contributed by atoms with Crippen LogP contribution in [0, 0.1) is 5.82 Å². The predicted molar refractivity (Wildman–Crippen MR) is 104 cm³/mol. The van der Waals surface area contributed by atoms with Gasteiger partial charge < -0.3 is 9.94 Å². The van der Waals surface area contributed by atoms with Crippen LogP contribution < -0.4 is 0 Å². The number of fused-ring (bicyclic) bond motifs is 1. The highest BCUT2D eigenvalue weighted by Gasteiger charge is 2.40. The van der Waals surface area contributed by atoms with Crippen molar-refractivity contribution in [3.05, 3.63) is 54.4 Å². The molecule has 142 valence electrons. The largest absolute Gasteiger partial charge is 0.477 e. The fourth-order valence-electron chi connectivity index (χ4n) is 3.71. The van der Waals surface area contributed by atoms with Crippen molar-refractivity contribution >= 4 is 46.2 Å². The van der Waals surface area contributed by atoms with E-state index in [2.05, 4.69) is 5.16 Å². The average molecular weight is 428 g/mol. The first kappa shape index (κ1) is 18.7. The highest BCUT2D eigenvalue weighted by Crippen LogP contribution is 2.43. The zero-order chi connectivity index (χ0) is 19.3. The molecule has 8 heteroatoms. The van der Waals surface area contributed by atoms with E-state index in [1.165, 1.54) is 23.5 Å². The van der Waals surface area contributed by atoms with Crippen LogP contribution in [-0.4, -0.2) is 16.8 Å². The van der Waals surface area contributed by atoms with Crippen molar-refractivity contribution in [2.45, 2.75) is 44.6 Å². The predicted octanol–water partition coefficient (Wildman–Crippen LogP) is 5.81. The van der Waals surface area contributed by atoms with Gasteiger partial charge in [0.2, 0.25) is 0 Å². The fourth-order valence-corrected chi connectivity index (χ4v) is 5.42. The van der Waals surface area contributed by atoms with Gasteiger partial charge in [0, 0.05) is 12.0 Å². The Hall–Kier alpha value is -1.63. The highest BCUT2D eigenvalue weighted by atomic mass is 35.5. The SMILES string of the molecule is CC1(c2cc(Cl)c(F)c(Cl)c2)CC(c2sc(C(=O)O)c3c2CCCC3)=NO1. The third kappa shape index (κ3) is 3.13. The summed E-state index contributed by atoms with van der Waals surface area (Å²) in [4.78, 5) is 18.6. The molecule has 0 bridgehead atoms. The monoisotopic (exact) mass is 427 g/mol. The standard InChI is InChI=1S/C19H16Cl2FNO3S/c1-19(9-6-12(20)15(22)13(21)7-9)8-14(23-26-19)16-10-4-2-3-5-11(10)17(27-16)18(24)25/h6-7H,2-5,8H2,1H3,(H,24,25). The number of hydrogen-bond acceptors (Lipinski definition) is 4. The molecule has 0 spiro atoms. The molecule has 1 aliphatic carbocycles. The lowest BCUT2D eigenvalue weighted by Gasteiger charge is -2.22. The van der Waals surface area contributed by atoms with Crippen LogP contribution in [0.1, 0.15) is 57.4 Å². The average Bonchev–Trinajstić information content (AvgIpc) is 3.21. The molecule has 0 radical (unpaired) electrons. The van der Waals surface area contributed by atoms with E-state index in [0.717, 1.165) is 41.7 Å². The van der Waals surface area contributed by atoms with Crippen molar-refractivity contribution < 1.29 is 19.1 Å². The molecule has 1 atom stereocenters. The summed E-state index contributed by atoms with van der Waals surface area (Å²) in [6.07, 6.45) is 4.08. The number of nitrogens with zero attached hydrogens (tertiary/aromatic N) is 1. The second-order valence-electron chi connectivity index (χ2n) is 7.02. The van der Waals surface area contributed by atoms with Gasteiger partial charge in [0.1, 0.15) is 10.6 Å². The van der Waals surface area contributed by atoms with Crippen molar-refractivity contribution in [3.8, 4) is 0 Å². The van der Waals surface area contributed by atoms with Gasteiger partial charge in [-0.15, -0.1) is 11.3 Å². The number of oxime groups is 1. The number of benzene rings is 1. The first-order chi connectivity index (χ1) is 12.8. The van der Waals surface area contributed by atoms with Gasteiger partial charge in [0.25, 0.3) is 0 Å². The van der Waals surface area contributed by atoms with Crippen molar-refractivity contribution in [2.24, 2.45) is 5.16 Å². The van der Waals surface area contributed by atoms with Gasteiger partial charge in [0.05, 0.1) is 14.9 Å². The maximum absolute atomic E-state index is 13.7. The molecule has 0 amide bonds. The molecule has 1 N–H and O–H groups in total. The minimum absolute atomic E-state index is 0.0718. The first-order valence-corrected chi connectivity index (χ1v) is 10.2. The molecular formula is C19H16Cl2FNO3S. The molecule has 1 unspecified atom stereocenters. The van der Waals surface area contributed by atoms with Crippen molar-refractivity contribution in [1.29, 1.82) is 0 Å². The third-order valence-electron chi connectivity index (χ3n) is 5.13. The number of carboxylic acid groups (broad SMARTS) is 1. The molecule has 0 fully saturated rings. The number of aromatic carboxylic acids is 1. The highest BCUT2D eigenvalue weighted by molar-refractivity contribution is 7.16.